The summed E-state index contributed by atoms with van der Waals surface area (Å²) in [6.07, 6.45) is 4.94. The number of nitrogens with one attached hydrogen (secondary N) is 2. The first-order valence-corrected chi connectivity index (χ1v) is 10.0. The molecule has 31 heavy (non-hydrogen) atoms. The molecular formula is C22H28N4O5. The molecule has 2 aromatic rings. The molecule has 2 rings (SSSR count). The van der Waals surface area contributed by atoms with Gasteiger partial charge in [0, 0.05) is 37.5 Å². The van der Waals surface area contributed by atoms with Gasteiger partial charge >= 0.3 is 0 Å². The molecule has 1 heterocycles. The van der Waals surface area contributed by atoms with Gasteiger partial charge in [-0.25, -0.2) is 10.5 Å². The number of benzene rings is 1. The summed E-state index contributed by atoms with van der Waals surface area (Å²) in [7, 11) is 2.65. The molecule has 0 aliphatic rings. The summed E-state index contributed by atoms with van der Waals surface area (Å²) >= 11 is 0. The topological polar surface area (TPSA) is 121 Å². The van der Waals surface area contributed by atoms with E-state index in [-0.39, 0.29) is 5.56 Å². The molecule has 0 radical (unpaired) electrons. The van der Waals surface area contributed by atoms with Gasteiger partial charge in [0.15, 0.2) is 6.04 Å². The van der Waals surface area contributed by atoms with Gasteiger partial charge in [0.2, 0.25) is 5.88 Å². The highest BCUT2D eigenvalue weighted by Gasteiger charge is 2.33. The van der Waals surface area contributed by atoms with Crippen molar-refractivity contribution >= 4 is 17.7 Å². The number of aromatic nitrogens is 1. The van der Waals surface area contributed by atoms with Crippen molar-refractivity contribution in [1.82, 2.24) is 20.7 Å². The van der Waals surface area contributed by atoms with Gasteiger partial charge in [-0.05, 0) is 30.2 Å². The zero-order valence-electron chi connectivity index (χ0n) is 17.9. The molecule has 1 aromatic carbocycles. The lowest BCUT2D eigenvalue weighted by atomic mass is 10.0. The average Bonchev–Trinajstić information content (AvgIpc) is 2.81. The Hall–Kier alpha value is -3.46. The van der Waals surface area contributed by atoms with Crippen molar-refractivity contribution in [2.75, 3.05) is 20.7 Å². The van der Waals surface area contributed by atoms with Crippen LogP contribution in [0.4, 0.5) is 0 Å². The lowest BCUT2D eigenvalue weighted by molar-refractivity contribution is -0.140. The third-order valence-corrected chi connectivity index (χ3v) is 4.76. The van der Waals surface area contributed by atoms with E-state index in [1.807, 2.05) is 6.07 Å². The fourth-order valence-corrected chi connectivity index (χ4v) is 2.96. The van der Waals surface area contributed by atoms with Crippen LogP contribution in [0.25, 0.3) is 11.1 Å². The van der Waals surface area contributed by atoms with E-state index in [2.05, 4.69) is 17.2 Å². The Labute approximate surface area is 181 Å². The first-order valence-electron chi connectivity index (χ1n) is 10.0. The van der Waals surface area contributed by atoms with Crippen molar-refractivity contribution in [1.29, 1.82) is 0 Å². The van der Waals surface area contributed by atoms with Crippen LogP contribution in [0, 0.1) is 0 Å². The summed E-state index contributed by atoms with van der Waals surface area (Å²) in [4.78, 5) is 41.8. The highest BCUT2D eigenvalue weighted by molar-refractivity contribution is 6.08. The van der Waals surface area contributed by atoms with Crippen molar-refractivity contribution in [3.8, 4) is 17.0 Å². The van der Waals surface area contributed by atoms with Gasteiger partial charge in [0.1, 0.15) is 0 Å². The van der Waals surface area contributed by atoms with Gasteiger partial charge < -0.3 is 15.0 Å². The second-order valence-corrected chi connectivity index (χ2v) is 6.93. The van der Waals surface area contributed by atoms with Crippen LogP contribution in [-0.2, 0) is 9.59 Å². The van der Waals surface area contributed by atoms with Crippen LogP contribution in [0.1, 0.15) is 36.5 Å². The van der Waals surface area contributed by atoms with Crippen molar-refractivity contribution in [2.45, 2.75) is 32.2 Å². The predicted molar refractivity (Wildman–Crippen MR) is 115 cm³/mol. The van der Waals surface area contributed by atoms with Crippen LogP contribution in [0.2, 0.25) is 0 Å². The molecule has 0 bridgehead atoms. The van der Waals surface area contributed by atoms with Crippen LogP contribution < -0.4 is 15.5 Å². The smallest absolute Gasteiger partial charge is 0.275 e. The Bertz CT molecular complexity index is 868. The molecule has 1 atom stereocenters. The maximum absolute atomic E-state index is 12.7. The fourth-order valence-electron chi connectivity index (χ4n) is 2.96. The number of hydroxylamine groups is 1. The Morgan fingerprint density at radius 3 is 2.29 bits per heavy atom. The summed E-state index contributed by atoms with van der Waals surface area (Å²) in [5.74, 6) is -1.70. The normalized spacial score (nSPS) is 11.4. The van der Waals surface area contributed by atoms with E-state index < -0.39 is 23.8 Å². The molecule has 1 unspecified atom stereocenters. The Morgan fingerprint density at radius 1 is 1.06 bits per heavy atom. The number of hydrogen-bond donors (Lipinski definition) is 3. The van der Waals surface area contributed by atoms with Crippen LogP contribution in [0.3, 0.4) is 0 Å². The van der Waals surface area contributed by atoms with Gasteiger partial charge in [-0.1, -0.05) is 31.9 Å². The molecular weight excluding hydrogens is 400 g/mol. The highest BCUT2D eigenvalue weighted by Crippen LogP contribution is 2.21. The van der Waals surface area contributed by atoms with E-state index in [0.717, 1.165) is 35.3 Å². The maximum atomic E-state index is 12.7. The Kier molecular flexibility index (Phi) is 8.95. The molecule has 0 saturated heterocycles. The molecule has 0 fully saturated rings. The Morgan fingerprint density at radius 2 is 1.74 bits per heavy atom. The van der Waals surface area contributed by atoms with Crippen LogP contribution in [0.15, 0.2) is 42.6 Å². The number of ether oxygens (including phenoxy) is 1. The molecule has 0 aliphatic heterocycles. The third kappa shape index (κ3) is 6.26. The fraction of sp³-hybridized carbons (Fsp3) is 0.364. The van der Waals surface area contributed by atoms with Crippen molar-refractivity contribution in [3.05, 3.63) is 48.2 Å². The third-order valence-electron chi connectivity index (χ3n) is 4.76. The van der Waals surface area contributed by atoms with E-state index in [1.54, 1.807) is 36.5 Å². The summed E-state index contributed by atoms with van der Waals surface area (Å²) in [5, 5.41) is 11.2. The SMILES string of the molecule is CCCCCOc1ccc(-c2ccc(C(=O)N(C)C(C(=O)NC)C(=O)NO)cc2)cn1. The molecule has 3 amide bonds. The van der Waals surface area contributed by atoms with Gasteiger partial charge in [-0.2, -0.15) is 0 Å². The predicted octanol–water partition coefficient (Wildman–Crippen LogP) is 2.01. The number of amides is 3. The largest absolute Gasteiger partial charge is 0.478 e. The van der Waals surface area contributed by atoms with E-state index in [0.29, 0.717) is 12.5 Å². The first kappa shape index (κ1) is 23.8. The van der Waals surface area contributed by atoms with E-state index in [1.165, 1.54) is 19.6 Å². The maximum Gasteiger partial charge on any atom is 0.275 e. The Balaban J connectivity index is 2.09. The van der Waals surface area contributed by atoms with Gasteiger partial charge in [0.25, 0.3) is 17.7 Å². The summed E-state index contributed by atoms with van der Waals surface area (Å²) in [6.45, 7) is 2.77. The second-order valence-electron chi connectivity index (χ2n) is 6.93. The van der Waals surface area contributed by atoms with E-state index in [9.17, 15) is 14.4 Å². The number of rotatable bonds is 10. The molecule has 9 nitrogen and oxygen atoms in total. The molecule has 1 aromatic heterocycles. The number of likely N-dealkylation sites (N-methyl/N-ethyl adjacent to an activating group) is 2. The standard InChI is InChI=1S/C22H28N4O5/c1-4-5-6-13-31-18-12-11-17(14-24-18)15-7-9-16(10-8-15)22(29)26(3)19(20(27)23-2)21(28)25-30/h7-12,14,19,30H,4-6,13H2,1-3H3,(H,23,27)(H,25,28). The average molecular weight is 428 g/mol. The monoisotopic (exact) mass is 428 g/mol. The summed E-state index contributed by atoms with van der Waals surface area (Å²) < 4.78 is 5.61. The number of unbranched alkanes of at least 4 members (excludes halogenated alkanes) is 2. The molecule has 0 spiro atoms. The minimum Gasteiger partial charge on any atom is -0.478 e. The van der Waals surface area contributed by atoms with Crippen molar-refractivity contribution in [2.24, 2.45) is 0 Å². The molecule has 0 aliphatic carbocycles. The van der Waals surface area contributed by atoms with Crippen molar-refractivity contribution < 1.29 is 24.3 Å². The highest BCUT2D eigenvalue weighted by atomic mass is 16.5. The number of nitrogens with zero attached hydrogens (tertiary/aromatic N) is 2. The zero-order valence-corrected chi connectivity index (χ0v) is 17.9. The molecule has 9 heteroatoms. The molecule has 0 saturated carbocycles. The van der Waals surface area contributed by atoms with Gasteiger partial charge in [-0.3, -0.25) is 19.6 Å². The van der Waals surface area contributed by atoms with E-state index >= 15 is 0 Å². The second kappa shape index (κ2) is 11.7. The van der Waals surface area contributed by atoms with Crippen LogP contribution >= 0.6 is 0 Å². The molecule has 3 N–H and O–H groups in total. The minimum absolute atomic E-state index is 0.287. The lowest BCUT2D eigenvalue weighted by Gasteiger charge is -2.25. The van der Waals surface area contributed by atoms with Gasteiger partial charge in [-0.15, -0.1) is 0 Å². The summed E-state index contributed by atoms with van der Waals surface area (Å²) in [6, 6.07) is 8.88. The van der Waals surface area contributed by atoms with Gasteiger partial charge in [0.05, 0.1) is 6.61 Å². The number of carbonyl (C=O) groups is 3. The number of carbonyl (C=O) groups excluding carboxylic acids is 3. The van der Waals surface area contributed by atoms with Crippen LogP contribution in [0.5, 0.6) is 5.88 Å². The molecule has 166 valence electrons. The number of hydrogen-bond acceptors (Lipinski definition) is 6. The lowest BCUT2D eigenvalue weighted by Crippen LogP contribution is -2.54. The minimum atomic E-state index is -1.50. The summed E-state index contributed by atoms with van der Waals surface area (Å²) in [5.41, 5.74) is 3.40. The van der Waals surface area contributed by atoms with Crippen LogP contribution in [-0.4, -0.2) is 59.6 Å². The first-order chi connectivity index (χ1) is 14.9. The number of pyridine rings is 1. The zero-order chi connectivity index (χ0) is 22.8. The quantitative estimate of drug-likeness (QED) is 0.230. The van der Waals surface area contributed by atoms with Crippen molar-refractivity contribution in [3.63, 3.8) is 0 Å². The van der Waals surface area contributed by atoms with E-state index in [4.69, 9.17) is 9.94 Å².